The van der Waals surface area contributed by atoms with E-state index in [0.717, 1.165) is 49.9 Å². The number of hydrogen-bond donors (Lipinski definition) is 1. The number of anilines is 2. The molecule has 1 aliphatic rings. The summed E-state index contributed by atoms with van der Waals surface area (Å²) in [6.07, 6.45) is 2.72. The molecular formula is C22H31N5O2. The minimum absolute atomic E-state index is 0.0383. The van der Waals surface area contributed by atoms with Crippen molar-refractivity contribution in [3.63, 3.8) is 0 Å². The molecule has 2 aromatic rings. The molecule has 0 aliphatic carbocycles. The molecule has 1 amide bonds. The minimum atomic E-state index is 0.0383. The number of piperazine rings is 1. The zero-order chi connectivity index (χ0) is 20.6. The van der Waals surface area contributed by atoms with Crippen LogP contribution in [0.4, 0.5) is 11.5 Å². The normalized spacial score (nSPS) is 14.2. The Labute approximate surface area is 173 Å². The van der Waals surface area contributed by atoms with Crippen molar-refractivity contribution < 1.29 is 9.53 Å². The molecule has 1 saturated heterocycles. The monoisotopic (exact) mass is 397 g/mol. The number of benzene rings is 1. The first-order chi connectivity index (χ1) is 14.1. The Bertz CT molecular complexity index is 786. The van der Waals surface area contributed by atoms with Crippen molar-refractivity contribution in [2.75, 3.05) is 70.7 Å². The maximum absolute atomic E-state index is 12.8. The predicted octanol–water partition coefficient (Wildman–Crippen LogP) is 2.42. The van der Waals surface area contributed by atoms with Crippen LogP contribution < -0.4 is 15.0 Å². The summed E-state index contributed by atoms with van der Waals surface area (Å²) in [7, 11) is 5.82. The van der Waals surface area contributed by atoms with Gasteiger partial charge in [-0.25, -0.2) is 4.98 Å². The molecule has 0 radical (unpaired) electrons. The predicted molar refractivity (Wildman–Crippen MR) is 117 cm³/mol. The molecule has 1 N–H and O–H groups in total. The van der Waals surface area contributed by atoms with E-state index in [9.17, 15) is 4.79 Å². The van der Waals surface area contributed by atoms with E-state index >= 15 is 0 Å². The number of amides is 1. The molecule has 1 fully saturated rings. The first-order valence-corrected chi connectivity index (χ1v) is 10.1. The summed E-state index contributed by atoms with van der Waals surface area (Å²) in [6.45, 7) is 4.83. The topological polar surface area (TPSA) is 60.9 Å². The van der Waals surface area contributed by atoms with Crippen LogP contribution in [0.5, 0.6) is 5.75 Å². The summed E-state index contributed by atoms with van der Waals surface area (Å²) < 4.78 is 5.46. The van der Waals surface area contributed by atoms with Gasteiger partial charge in [0.2, 0.25) is 0 Å². The van der Waals surface area contributed by atoms with Gasteiger partial charge in [-0.15, -0.1) is 0 Å². The van der Waals surface area contributed by atoms with Crippen molar-refractivity contribution in [1.29, 1.82) is 0 Å². The maximum Gasteiger partial charge on any atom is 0.255 e. The van der Waals surface area contributed by atoms with Gasteiger partial charge in [0.05, 0.1) is 18.4 Å². The highest BCUT2D eigenvalue weighted by atomic mass is 16.5. The van der Waals surface area contributed by atoms with Gasteiger partial charge >= 0.3 is 0 Å². The van der Waals surface area contributed by atoms with E-state index in [2.05, 4.69) is 40.3 Å². The van der Waals surface area contributed by atoms with Gasteiger partial charge in [-0.1, -0.05) is 12.1 Å². The zero-order valence-electron chi connectivity index (χ0n) is 17.6. The lowest BCUT2D eigenvalue weighted by Crippen LogP contribution is -2.48. The van der Waals surface area contributed by atoms with Gasteiger partial charge in [0.1, 0.15) is 11.6 Å². The average Bonchev–Trinajstić information content (AvgIpc) is 2.76. The molecule has 0 saturated carbocycles. The summed E-state index contributed by atoms with van der Waals surface area (Å²) >= 11 is 0. The average molecular weight is 398 g/mol. The van der Waals surface area contributed by atoms with Gasteiger partial charge in [0.15, 0.2) is 0 Å². The largest absolute Gasteiger partial charge is 0.495 e. The molecule has 2 heterocycles. The molecule has 1 aliphatic heterocycles. The van der Waals surface area contributed by atoms with Crippen LogP contribution in [0.2, 0.25) is 0 Å². The third-order valence-electron chi connectivity index (χ3n) is 5.09. The van der Waals surface area contributed by atoms with E-state index in [1.54, 1.807) is 13.3 Å². The Morgan fingerprint density at radius 3 is 2.55 bits per heavy atom. The second-order valence-electron chi connectivity index (χ2n) is 7.47. The number of ether oxygens (including phenoxy) is 1. The minimum Gasteiger partial charge on any atom is -0.495 e. The van der Waals surface area contributed by atoms with Crippen LogP contribution in [-0.2, 0) is 0 Å². The fourth-order valence-electron chi connectivity index (χ4n) is 3.46. The SMILES string of the molecule is COc1ccccc1N1CCN(C(=O)c2ccc(NCCCN(C)C)nc2)CC1. The Balaban J connectivity index is 1.51. The van der Waals surface area contributed by atoms with Crippen molar-refractivity contribution in [3.8, 4) is 5.75 Å². The Kier molecular flexibility index (Phi) is 7.30. The van der Waals surface area contributed by atoms with Crippen molar-refractivity contribution in [2.45, 2.75) is 6.42 Å². The number of methoxy groups -OCH3 is 1. The summed E-state index contributed by atoms with van der Waals surface area (Å²) in [4.78, 5) is 23.5. The highest BCUT2D eigenvalue weighted by molar-refractivity contribution is 5.94. The van der Waals surface area contributed by atoms with Gasteiger partial charge in [0, 0.05) is 38.9 Å². The summed E-state index contributed by atoms with van der Waals surface area (Å²) in [5.41, 5.74) is 1.71. The standard InChI is InChI=1S/C22H31N5O2/c1-25(2)12-6-11-23-21-10-9-18(17-24-21)22(28)27-15-13-26(14-16-27)19-7-4-5-8-20(19)29-3/h4-5,7-10,17H,6,11-16H2,1-3H3,(H,23,24). The number of pyridine rings is 1. The van der Waals surface area contributed by atoms with E-state index in [4.69, 9.17) is 4.74 Å². The molecule has 7 nitrogen and oxygen atoms in total. The molecule has 0 unspecified atom stereocenters. The Morgan fingerprint density at radius 1 is 1.14 bits per heavy atom. The summed E-state index contributed by atoms with van der Waals surface area (Å²) in [6, 6.07) is 11.7. The van der Waals surface area contributed by atoms with E-state index in [0.29, 0.717) is 18.7 Å². The van der Waals surface area contributed by atoms with Gasteiger partial charge in [-0.2, -0.15) is 0 Å². The number of carbonyl (C=O) groups is 1. The molecule has 156 valence electrons. The smallest absolute Gasteiger partial charge is 0.255 e. The fourth-order valence-corrected chi connectivity index (χ4v) is 3.46. The molecule has 29 heavy (non-hydrogen) atoms. The van der Waals surface area contributed by atoms with Crippen LogP contribution >= 0.6 is 0 Å². The molecule has 0 spiro atoms. The van der Waals surface area contributed by atoms with E-state index in [1.165, 1.54) is 0 Å². The van der Waals surface area contributed by atoms with Crippen LogP contribution in [0, 0.1) is 0 Å². The number of aromatic nitrogens is 1. The van der Waals surface area contributed by atoms with Gasteiger partial charge in [-0.3, -0.25) is 4.79 Å². The van der Waals surface area contributed by atoms with Gasteiger partial charge < -0.3 is 24.8 Å². The molecule has 3 rings (SSSR count). The van der Waals surface area contributed by atoms with Crippen LogP contribution in [-0.4, -0.2) is 81.2 Å². The molecule has 7 heteroatoms. The second kappa shape index (κ2) is 10.1. The van der Waals surface area contributed by atoms with Crippen LogP contribution in [0.3, 0.4) is 0 Å². The molecule has 1 aromatic heterocycles. The Hall–Kier alpha value is -2.80. The lowest BCUT2D eigenvalue weighted by molar-refractivity contribution is 0.0746. The first kappa shape index (κ1) is 20.9. The number of nitrogens with one attached hydrogen (secondary N) is 1. The Morgan fingerprint density at radius 2 is 1.90 bits per heavy atom. The molecule has 0 bridgehead atoms. The second-order valence-corrected chi connectivity index (χ2v) is 7.47. The number of para-hydroxylation sites is 2. The van der Waals surface area contributed by atoms with Crippen molar-refractivity contribution in [3.05, 3.63) is 48.2 Å². The molecule has 1 aromatic carbocycles. The van der Waals surface area contributed by atoms with Crippen molar-refractivity contribution in [2.24, 2.45) is 0 Å². The van der Waals surface area contributed by atoms with E-state index < -0.39 is 0 Å². The van der Waals surface area contributed by atoms with Crippen LogP contribution in [0.15, 0.2) is 42.6 Å². The third-order valence-corrected chi connectivity index (χ3v) is 5.09. The van der Waals surface area contributed by atoms with Crippen molar-refractivity contribution in [1.82, 2.24) is 14.8 Å². The first-order valence-electron chi connectivity index (χ1n) is 10.1. The summed E-state index contributed by atoms with van der Waals surface area (Å²) in [5.74, 6) is 1.71. The molecular weight excluding hydrogens is 366 g/mol. The van der Waals surface area contributed by atoms with E-state index in [1.807, 2.05) is 35.2 Å². The third kappa shape index (κ3) is 5.60. The summed E-state index contributed by atoms with van der Waals surface area (Å²) in [5, 5.41) is 3.30. The van der Waals surface area contributed by atoms with E-state index in [-0.39, 0.29) is 5.91 Å². The van der Waals surface area contributed by atoms with Crippen LogP contribution in [0.1, 0.15) is 16.8 Å². The lowest BCUT2D eigenvalue weighted by Gasteiger charge is -2.36. The van der Waals surface area contributed by atoms with Gasteiger partial charge in [-0.05, 0) is 51.3 Å². The quantitative estimate of drug-likeness (QED) is 0.691. The fraction of sp³-hybridized carbons (Fsp3) is 0.455. The van der Waals surface area contributed by atoms with Crippen molar-refractivity contribution >= 4 is 17.4 Å². The number of hydrogen-bond acceptors (Lipinski definition) is 6. The maximum atomic E-state index is 12.8. The number of nitrogens with zero attached hydrogens (tertiary/aromatic N) is 4. The number of rotatable bonds is 8. The number of carbonyl (C=O) groups excluding carboxylic acids is 1. The lowest BCUT2D eigenvalue weighted by atomic mass is 10.2. The zero-order valence-corrected chi connectivity index (χ0v) is 17.6. The highest BCUT2D eigenvalue weighted by Gasteiger charge is 2.23. The highest BCUT2D eigenvalue weighted by Crippen LogP contribution is 2.28. The van der Waals surface area contributed by atoms with Crippen LogP contribution in [0.25, 0.3) is 0 Å². The molecule has 0 atom stereocenters. The van der Waals surface area contributed by atoms with Gasteiger partial charge in [0.25, 0.3) is 5.91 Å².